The SMILES string of the molecule is CC(=O)OC1CCCCC1NS(=O)(=O)c1ccc(C)cc1. The summed E-state index contributed by atoms with van der Waals surface area (Å²) in [5, 5.41) is 0. The molecule has 2 rings (SSSR count). The minimum absolute atomic E-state index is 0.236. The minimum Gasteiger partial charge on any atom is -0.461 e. The van der Waals surface area contributed by atoms with Crippen LogP contribution in [0.5, 0.6) is 0 Å². The first kappa shape index (κ1) is 16.0. The molecule has 1 N–H and O–H groups in total. The van der Waals surface area contributed by atoms with Crippen molar-refractivity contribution in [2.75, 3.05) is 0 Å². The van der Waals surface area contributed by atoms with Crippen molar-refractivity contribution in [3.8, 4) is 0 Å². The van der Waals surface area contributed by atoms with Gasteiger partial charge in [0.15, 0.2) is 0 Å². The van der Waals surface area contributed by atoms with E-state index in [1.54, 1.807) is 24.3 Å². The van der Waals surface area contributed by atoms with Crippen molar-refractivity contribution in [3.63, 3.8) is 0 Å². The van der Waals surface area contributed by atoms with Crippen LogP contribution in [0.1, 0.15) is 38.2 Å². The molecule has 1 aromatic rings. The lowest BCUT2D eigenvalue weighted by Crippen LogP contribution is -2.46. The molecule has 116 valence electrons. The minimum atomic E-state index is -3.59. The average Bonchev–Trinajstić information content (AvgIpc) is 2.40. The molecule has 0 aromatic heterocycles. The van der Waals surface area contributed by atoms with Crippen molar-refractivity contribution >= 4 is 16.0 Å². The lowest BCUT2D eigenvalue weighted by atomic mass is 9.93. The van der Waals surface area contributed by atoms with Crippen LogP contribution in [0.2, 0.25) is 0 Å². The summed E-state index contributed by atoms with van der Waals surface area (Å²) in [5.74, 6) is -0.374. The van der Waals surface area contributed by atoms with E-state index in [4.69, 9.17) is 4.74 Å². The van der Waals surface area contributed by atoms with Crippen molar-refractivity contribution in [1.82, 2.24) is 4.72 Å². The quantitative estimate of drug-likeness (QED) is 0.865. The second kappa shape index (κ2) is 6.58. The van der Waals surface area contributed by atoms with E-state index in [-0.39, 0.29) is 23.0 Å². The molecule has 2 atom stereocenters. The van der Waals surface area contributed by atoms with Crippen LogP contribution >= 0.6 is 0 Å². The van der Waals surface area contributed by atoms with Crippen molar-refractivity contribution < 1.29 is 17.9 Å². The van der Waals surface area contributed by atoms with E-state index in [1.165, 1.54) is 6.92 Å². The Labute approximate surface area is 125 Å². The largest absolute Gasteiger partial charge is 0.461 e. The molecule has 0 spiro atoms. The molecule has 0 radical (unpaired) electrons. The Morgan fingerprint density at radius 1 is 1.19 bits per heavy atom. The Hall–Kier alpha value is -1.40. The van der Waals surface area contributed by atoms with E-state index in [0.717, 1.165) is 18.4 Å². The third-order valence-corrected chi connectivity index (χ3v) is 5.16. The van der Waals surface area contributed by atoms with Crippen molar-refractivity contribution in [3.05, 3.63) is 29.8 Å². The van der Waals surface area contributed by atoms with E-state index >= 15 is 0 Å². The van der Waals surface area contributed by atoms with Crippen LogP contribution in [0, 0.1) is 6.92 Å². The zero-order valence-electron chi connectivity index (χ0n) is 12.3. The fourth-order valence-electron chi connectivity index (χ4n) is 2.57. The molecular weight excluding hydrogens is 290 g/mol. The second-order valence-electron chi connectivity index (χ2n) is 5.47. The first-order valence-electron chi connectivity index (χ1n) is 7.15. The molecule has 1 fully saturated rings. The number of esters is 1. The van der Waals surface area contributed by atoms with Gasteiger partial charge in [-0.1, -0.05) is 24.1 Å². The van der Waals surface area contributed by atoms with Crippen LogP contribution in [0.4, 0.5) is 0 Å². The Morgan fingerprint density at radius 3 is 2.43 bits per heavy atom. The molecule has 1 saturated carbocycles. The fourth-order valence-corrected chi connectivity index (χ4v) is 3.87. The summed E-state index contributed by atoms with van der Waals surface area (Å²) in [6.45, 7) is 3.25. The van der Waals surface area contributed by atoms with Gasteiger partial charge in [0, 0.05) is 6.92 Å². The summed E-state index contributed by atoms with van der Waals surface area (Å²) in [7, 11) is -3.59. The third kappa shape index (κ3) is 4.28. The normalized spacial score (nSPS) is 22.8. The summed E-state index contributed by atoms with van der Waals surface area (Å²) in [5.41, 5.74) is 1.00. The van der Waals surface area contributed by atoms with Crippen molar-refractivity contribution in [2.24, 2.45) is 0 Å². The molecule has 1 aliphatic rings. The van der Waals surface area contributed by atoms with E-state index in [9.17, 15) is 13.2 Å². The maximum Gasteiger partial charge on any atom is 0.302 e. The molecule has 1 aliphatic carbocycles. The Morgan fingerprint density at radius 2 is 1.81 bits per heavy atom. The standard InChI is InChI=1S/C15H21NO4S/c1-11-7-9-13(10-8-11)21(18,19)16-14-5-3-4-6-15(14)20-12(2)17/h7-10,14-16H,3-6H2,1-2H3. The van der Waals surface area contributed by atoms with Gasteiger partial charge in [-0.25, -0.2) is 13.1 Å². The number of nitrogens with one attached hydrogen (secondary N) is 1. The number of rotatable bonds is 4. The number of hydrogen-bond donors (Lipinski definition) is 1. The molecule has 0 bridgehead atoms. The molecule has 0 saturated heterocycles. The Kier molecular flexibility index (Phi) is 5.00. The highest BCUT2D eigenvalue weighted by molar-refractivity contribution is 7.89. The monoisotopic (exact) mass is 311 g/mol. The molecule has 1 aromatic carbocycles. The highest BCUT2D eigenvalue weighted by Crippen LogP contribution is 2.23. The number of hydrogen-bond acceptors (Lipinski definition) is 4. The molecule has 0 heterocycles. The fraction of sp³-hybridized carbons (Fsp3) is 0.533. The number of carbonyl (C=O) groups excluding carboxylic acids is 1. The molecule has 5 nitrogen and oxygen atoms in total. The smallest absolute Gasteiger partial charge is 0.302 e. The van der Waals surface area contributed by atoms with Crippen LogP contribution in [0.15, 0.2) is 29.2 Å². The predicted molar refractivity (Wildman–Crippen MR) is 79.3 cm³/mol. The number of sulfonamides is 1. The van der Waals surface area contributed by atoms with Gasteiger partial charge in [0.25, 0.3) is 0 Å². The van der Waals surface area contributed by atoms with Crippen molar-refractivity contribution in [1.29, 1.82) is 0 Å². The van der Waals surface area contributed by atoms with Crippen LogP contribution in [0.3, 0.4) is 0 Å². The highest BCUT2D eigenvalue weighted by Gasteiger charge is 2.31. The Bertz CT molecular complexity index is 595. The second-order valence-corrected chi connectivity index (χ2v) is 7.19. The third-order valence-electron chi connectivity index (χ3n) is 3.66. The summed E-state index contributed by atoms with van der Waals surface area (Å²) in [6.07, 6.45) is 2.87. The van der Waals surface area contributed by atoms with Crippen molar-refractivity contribution in [2.45, 2.75) is 56.6 Å². The average molecular weight is 311 g/mol. The predicted octanol–water partition coefficient (Wildman–Crippen LogP) is 2.15. The highest BCUT2D eigenvalue weighted by atomic mass is 32.2. The number of carbonyl (C=O) groups is 1. The maximum atomic E-state index is 12.4. The molecular formula is C15H21NO4S. The van der Waals surface area contributed by atoms with E-state index in [2.05, 4.69) is 4.72 Å². The molecule has 0 amide bonds. The zero-order chi connectivity index (χ0) is 15.5. The molecule has 6 heteroatoms. The number of ether oxygens (including phenoxy) is 1. The van der Waals surface area contributed by atoms with E-state index in [0.29, 0.717) is 12.8 Å². The van der Waals surface area contributed by atoms with Crippen LogP contribution in [-0.2, 0) is 19.6 Å². The van der Waals surface area contributed by atoms with Gasteiger partial charge < -0.3 is 4.74 Å². The van der Waals surface area contributed by atoms with E-state index in [1.807, 2.05) is 6.92 Å². The van der Waals surface area contributed by atoms with E-state index < -0.39 is 10.0 Å². The zero-order valence-corrected chi connectivity index (χ0v) is 13.2. The van der Waals surface area contributed by atoms with Gasteiger partial charge in [-0.3, -0.25) is 4.79 Å². The van der Waals surface area contributed by atoms with Crippen LogP contribution < -0.4 is 4.72 Å². The summed E-state index contributed by atoms with van der Waals surface area (Å²) >= 11 is 0. The van der Waals surface area contributed by atoms with Gasteiger partial charge in [-0.15, -0.1) is 0 Å². The maximum absolute atomic E-state index is 12.4. The van der Waals surface area contributed by atoms with Crippen LogP contribution in [0.25, 0.3) is 0 Å². The number of aryl methyl sites for hydroxylation is 1. The molecule has 0 aliphatic heterocycles. The molecule has 2 unspecified atom stereocenters. The first-order valence-corrected chi connectivity index (χ1v) is 8.63. The number of benzene rings is 1. The summed E-state index contributed by atoms with van der Waals surface area (Å²) < 4.78 is 32.7. The van der Waals surface area contributed by atoms with Gasteiger partial charge in [0.2, 0.25) is 10.0 Å². The van der Waals surface area contributed by atoms with Gasteiger partial charge in [0.1, 0.15) is 6.10 Å². The summed E-state index contributed by atoms with van der Waals surface area (Å²) in [6, 6.07) is 6.34. The first-order chi connectivity index (χ1) is 9.88. The van der Waals surface area contributed by atoms with Gasteiger partial charge in [-0.2, -0.15) is 0 Å². The van der Waals surface area contributed by atoms with Gasteiger partial charge in [-0.05, 0) is 38.3 Å². The van der Waals surface area contributed by atoms with Gasteiger partial charge >= 0.3 is 5.97 Å². The molecule has 21 heavy (non-hydrogen) atoms. The van der Waals surface area contributed by atoms with Gasteiger partial charge in [0.05, 0.1) is 10.9 Å². The van der Waals surface area contributed by atoms with Crippen LogP contribution in [-0.4, -0.2) is 26.5 Å². The topological polar surface area (TPSA) is 72.5 Å². The Balaban J connectivity index is 2.13. The lowest BCUT2D eigenvalue weighted by Gasteiger charge is -2.31. The summed E-state index contributed by atoms with van der Waals surface area (Å²) in [4.78, 5) is 11.4. The lowest BCUT2D eigenvalue weighted by molar-refractivity contribution is -0.148.